The quantitative estimate of drug-likeness (QED) is 0.662. The highest BCUT2D eigenvalue weighted by atomic mass is 16.4. The van der Waals surface area contributed by atoms with Gasteiger partial charge in [-0.25, -0.2) is 4.79 Å². The van der Waals surface area contributed by atoms with Crippen LogP contribution in [0, 0.1) is 0 Å². The lowest BCUT2D eigenvalue weighted by Crippen LogP contribution is -2.48. The van der Waals surface area contributed by atoms with Gasteiger partial charge in [-0.2, -0.15) is 0 Å². The Bertz CT molecular complexity index is 288. The van der Waals surface area contributed by atoms with E-state index in [0.717, 1.165) is 0 Å². The molecule has 0 aromatic rings. The highest BCUT2D eigenvalue weighted by molar-refractivity contribution is 5.90. The van der Waals surface area contributed by atoms with E-state index in [9.17, 15) is 14.4 Å². The molecule has 2 N–H and O–H groups in total. The van der Waals surface area contributed by atoms with Crippen molar-refractivity contribution < 1.29 is 19.5 Å². The summed E-state index contributed by atoms with van der Waals surface area (Å²) >= 11 is 0. The molecule has 92 valence electrons. The zero-order valence-electron chi connectivity index (χ0n) is 9.85. The molecule has 0 spiro atoms. The van der Waals surface area contributed by atoms with Crippen molar-refractivity contribution in [1.82, 2.24) is 15.1 Å². The van der Waals surface area contributed by atoms with E-state index < -0.39 is 18.0 Å². The first-order valence-corrected chi connectivity index (χ1v) is 4.66. The number of hydrogen-bond donors (Lipinski definition) is 2. The van der Waals surface area contributed by atoms with Crippen LogP contribution in [-0.2, 0) is 9.59 Å². The minimum absolute atomic E-state index is 0.184. The number of carbonyl (C=O) groups excluding carboxylic acids is 2. The maximum atomic E-state index is 11.6. The standard InChI is InChI=1S/C9H17N3O4/c1-11(2)7(13)5-6(10-9(15)16)8(14)12(3)4/h6,10H,5H2,1-4H3,(H,15,16)/t6-/m0/s1. The van der Waals surface area contributed by atoms with E-state index in [-0.39, 0.29) is 12.3 Å². The summed E-state index contributed by atoms with van der Waals surface area (Å²) in [4.78, 5) is 36.0. The molecule has 0 saturated heterocycles. The number of carboxylic acid groups (broad SMARTS) is 1. The normalized spacial score (nSPS) is 11.5. The lowest BCUT2D eigenvalue weighted by atomic mass is 10.1. The van der Waals surface area contributed by atoms with Gasteiger partial charge in [-0.1, -0.05) is 0 Å². The number of likely N-dealkylation sites (N-methyl/N-ethyl adjacent to an activating group) is 1. The molecule has 0 rings (SSSR count). The van der Waals surface area contributed by atoms with Gasteiger partial charge in [0.2, 0.25) is 11.8 Å². The molecule has 0 radical (unpaired) electrons. The fourth-order valence-corrected chi connectivity index (χ4v) is 1.02. The molecule has 0 aliphatic heterocycles. The van der Waals surface area contributed by atoms with Crippen molar-refractivity contribution in [2.75, 3.05) is 28.2 Å². The third kappa shape index (κ3) is 4.63. The minimum Gasteiger partial charge on any atom is -0.465 e. The monoisotopic (exact) mass is 231 g/mol. The van der Waals surface area contributed by atoms with E-state index in [1.54, 1.807) is 14.1 Å². The van der Waals surface area contributed by atoms with Crippen LogP contribution in [0.3, 0.4) is 0 Å². The average Bonchev–Trinajstić information content (AvgIpc) is 2.14. The molecule has 7 nitrogen and oxygen atoms in total. The van der Waals surface area contributed by atoms with Crippen molar-refractivity contribution in [1.29, 1.82) is 0 Å². The molecule has 0 heterocycles. The Kier molecular flexibility index (Phi) is 5.27. The fourth-order valence-electron chi connectivity index (χ4n) is 1.02. The summed E-state index contributed by atoms with van der Waals surface area (Å²) in [5.74, 6) is -0.758. The zero-order valence-corrected chi connectivity index (χ0v) is 9.85. The smallest absolute Gasteiger partial charge is 0.405 e. The van der Waals surface area contributed by atoms with Gasteiger partial charge in [-0.3, -0.25) is 9.59 Å². The van der Waals surface area contributed by atoms with E-state index in [1.807, 2.05) is 5.32 Å². The molecule has 1 atom stereocenters. The molecule has 0 aromatic heterocycles. The fraction of sp³-hybridized carbons (Fsp3) is 0.667. The number of nitrogens with zero attached hydrogens (tertiary/aromatic N) is 2. The van der Waals surface area contributed by atoms with Crippen LogP contribution in [0.1, 0.15) is 6.42 Å². The minimum atomic E-state index is -1.33. The van der Waals surface area contributed by atoms with Gasteiger partial charge in [0, 0.05) is 28.2 Å². The molecule has 0 aliphatic carbocycles. The molecule has 0 unspecified atom stereocenters. The van der Waals surface area contributed by atoms with Gasteiger partial charge in [-0.15, -0.1) is 0 Å². The zero-order chi connectivity index (χ0) is 12.9. The van der Waals surface area contributed by atoms with Crippen LogP contribution < -0.4 is 5.32 Å². The van der Waals surface area contributed by atoms with Crippen molar-refractivity contribution >= 4 is 17.9 Å². The molecule has 16 heavy (non-hydrogen) atoms. The molecule has 7 heteroatoms. The Morgan fingerprint density at radius 2 is 1.62 bits per heavy atom. The molecule has 0 bridgehead atoms. The maximum Gasteiger partial charge on any atom is 0.405 e. The first-order valence-electron chi connectivity index (χ1n) is 4.66. The van der Waals surface area contributed by atoms with E-state index in [1.165, 1.54) is 23.9 Å². The molecule has 0 saturated carbocycles. The third-order valence-corrected chi connectivity index (χ3v) is 1.91. The van der Waals surface area contributed by atoms with Crippen LogP contribution >= 0.6 is 0 Å². The number of carbonyl (C=O) groups is 3. The topological polar surface area (TPSA) is 90.0 Å². The summed E-state index contributed by atoms with van der Waals surface area (Å²) in [6.45, 7) is 0. The van der Waals surface area contributed by atoms with E-state index in [0.29, 0.717) is 0 Å². The Morgan fingerprint density at radius 1 is 1.12 bits per heavy atom. The van der Waals surface area contributed by atoms with Crippen LogP contribution in [0.25, 0.3) is 0 Å². The van der Waals surface area contributed by atoms with Crippen molar-refractivity contribution in [3.05, 3.63) is 0 Å². The van der Waals surface area contributed by atoms with Crippen molar-refractivity contribution in [2.45, 2.75) is 12.5 Å². The molecule has 0 aliphatic rings. The Labute approximate surface area is 94.0 Å². The predicted octanol–water partition coefficient (Wildman–Crippen LogP) is -0.811. The lowest BCUT2D eigenvalue weighted by molar-refractivity contribution is -0.136. The first-order chi connectivity index (χ1) is 7.25. The van der Waals surface area contributed by atoms with E-state index >= 15 is 0 Å². The number of nitrogens with one attached hydrogen (secondary N) is 1. The second kappa shape index (κ2) is 5.94. The van der Waals surface area contributed by atoms with Gasteiger partial charge in [0.1, 0.15) is 6.04 Å². The Balaban J connectivity index is 4.61. The van der Waals surface area contributed by atoms with Crippen LogP contribution in [0.4, 0.5) is 4.79 Å². The largest absolute Gasteiger partial charge is 0.465 e. The highest BCUT2D eigenvalue weighted by Crippen LogP contribution is 1.99. The van der Waals surface area contributed by atoms with Crippen molar-refractivity contribution in [3.63, 3.8) is 0 Å². The summed E-state index contributed by atoms with van der Waals surface area (Å²) in [6, 6.07) is -1.04. The summed E-state index contributed by atoms with van der Waals surface area (Å²) in [6.07, 6.45) is -1.51. The Morgan fingerprint density at radius 3 is 1.94 bits per heavy atom. The van der Waals surface area contributed by atoms with Crippen LogP contribution in [-0.4, -0.2) is 67.0 Å². The van der Waals surface area contributed by atoms with Gasteiger partial charge >= 0.3 is 6.09 Å². The molecule has 0 fully saturated rings. The molecular weight excluding hydrogens is 214 g/mol. The third-order valence-electron chi connectivity index (χ3n) is 1.91. The molecular formula is C9H17N3O4. The average molecular weight is 231 g/mol. The molecule has 3 amide bonds. The number of hydrogen-bond acceptors (Lipinski definition) is 3. The Hall–Kier alpha value is -1.79. The van der Waals surface area contributed by atoms with Gasteiger partial charge in [0.05, 0.1) is 6.42 Å². The van der Waals surface area contributed by atoms with Crippen LogP contribution in [0.15, 0.2) is 0 Å². The van der Waals surface area contributed by atoms with Crippen LogP contribution in [0.2, 0.25) is 0 Å². The van der Waals surface area contributed by atoms with Crippen LogP contribution in [0.5, 0.6) is 0 Å². The summed E-state index contributed by atoms with van der Waals surface area (Å²) in [7, 11) is 6.08. The first kappa shape index (κ1) is 14.2. The van der Waals surface area contributed by atoms with Gasteiger partial charge in [0.15, 0.2) is 0 Å². The lowest BCUT2D eigenvalue weighted by Gasteiger charge is -2.21. The van der Waals surface area contributed by atoms with E-state index in [4.69, 9.17) is 5.11 Å². The summed E-state index contributed by atoms with van der Waals surface area (Å²) < 4.78 is 0. The highest BCUT2D eigenvalue weighted by Gasteiger charge is 2.25. The summed E-state index contributed by atoms with van der Waals surface area (Å²) in [5, 5.41) is 10.6. The van der Waals surface area contributed by atoms with Crippen molar-refractivity contribution in [3.8, 4) is 0 Å². The number of rotatable bonds is 4. The van der Waals surface area contributed by atoms with E-state index in [2.05, 4.69) is 0 Å². The van der Waals surface area contributed by atoms with Gasteiger partial charge in [0.25, 0.3) is 0 Å². The van der Waals surface area contributed by atoms with Crippen molar-refractivity contribution in [2.24, 2.45) is 0 Å². The number of amides is 3. The maximum absolute atomic E-state index is 11.6. The predicted molar refractivity (Wildman–Crippen MR) is 57.0 cm³/mol. The summed E-state index contributed by atoms with van der Waals surface area (Å²) in [5.41, 5.74) is 0. The van der Waals surface area contributed by atoms with Gasteiger partial charge < -0.3 is 20.2 Å². The second-order valence-electron chi connectivity index (χ2n) is 3.73. The second-order valence-corrected chi connectivity index (χ2v) is 3.73. The SMILES string of the molecule is CN(C)C(=O)C[C@H](NC(=O)O)C(=O)N(C)C. The van der Waals surface area contributed by atoms with Gasteiger partial charge in [-0.05, 0) is 0 Å². The molecule has 0 aromatic carbocycles.